The highest BCUT2D eigenvalue weighted by molar-refractivity contribution is 6.38. The van der Waals surface area contributed by atoms with E-state index >= 15 is 0 Å². The van der Waals surface area contributed by atoms with Gasteiger partial charge in [-0.15, -0.1) is 0 Å². The molecule has 0 atom stereocenters. The average Bonchev–Trinajstić information content (AvgIpc) is 3.38. The number of rotatable bonds is 5. The molecule has 0 aliphatic carbocycles. The van der Waals surface area contributed by atoms with E-state index in [0.29, 0.717) is 45.4 Å². The Hall–Kier alpha value is -3.91. The molecule has 0 saturated heterocycles. The Morgan fingerprint density at radius 3 is 2.66 bits per heavy atom. The zero-order valence-corrected chi connectivity index (χ0v) is 20.5. The lowest BCUT2D eigenvalue weighted by Crippen LogP contribution is -2.25. The number of benzene rings is 2. The van der Waals surface area contributed by atoms with E-state index in [1.165, 1.54) is 11.9 Å². The number of nitrogen functional groups attached to an aromatic ring is 1. The lowest BCUT2D eigenvalue weighted by Gasteiger charge is -2.19. The average molecular weight is 488 g/mol. The van der Waals surface area contributed by atoms with Crippen molar-refractivity contribution in [3.8, 4) is 11.4 Å². The first kappa shape index (κ1) is 22.9. The van der Waals surface area contributed by atoms with Crippen molar-refractivity contribution in [3.05, 3.63) is 71.0 Å². The standard InChI is InChI=1S/C26H26ClN7O/c1-26(2,3)34-24-19(23(28)30-14-31-24)21(33-34)22-20(27)17-10-9-16(13-18(17)32-22)25(35)29-12-11-15-7-5-4-6-8-15/h4-10,13-14,32H,11-12H2,1-3H3,(H,29,35)(H2,28,30,31). The zero-order valence-electron chi connectivity index (χ0n) is 19.8. The highest BCUT2D eigenvalue weighted by Gasteiger charge is 2.26. The van der Waals surface area contributed by atoms with Crippen LogP contribution in [-0.2, 0) is 12.0 Å². The lowest BCUT2D eigenvalue weighted by molar-refractivity contribution is 0.0954. The molecule has 0 saturated carbocycles. The zero-order chi connectivity index (χ0) is 24.7. The second kappa shape index (κ2) is 8.70. The van der Waals surface area contributed by atoms with Crippen LogP contribution in [0.1, 0.15) is 36.7 Å². The van der Waals surface area contributed by atoms with Gasteiger partial charge >= 0.3 is 0 Å². The van der Waals surface area contributed by atoms with E-state index in [1.807, 2.05) is 61.9 Å². The molecule has 5 rings (SSSR count). The number of nitrogens with zero attached hydrogens (tertiary/aromatic N) is 4. The van der Waals surface area contributed by atoms with Crippen LogP contribution in [0.5, 0.6) is 0 Å². The number of carbonyl (C=O) groups is 1. The van der Waals surface area contributed by atoms with E-state index in [1.54, 1.807) is 12.1 Å². The van der Waals surface area contributed by atoms with Crippen molar-refractivity contribution in [3.63, 3.8) is 0 Å². The normalized spacial score (nSPS) is 11.9. The number of hydrogen-bond donors (Lipinski definition) is 3. The SMILES string of the molecule is CC(C)(C)n1nc(-c2[nH]c3cc(C(=O)NCCc4ccccc4)ccc3c2Cl)c2c(N)ncnc21. The molecule has 178 valence electrons. The Labute approximate surface area is 207 Å². The van der Waals surface area contributed by atoms with Crippen molar-refractivity contribution in [2.24, 2.45) is 0 Å². The molecule has 35 heavy (non-hydrogen) atoms. The van der Waals surface area contributed by atoms with Gasteiger partial charge in [0.25, 0.3) is 5.91 Å². The van der Waals surface area contributed by atoms with Crippen molar-refractivity contribution in [1.82, 2.24) is 30.0 Å². The van der Waals surface area contributed by atoms with E-state index in [4.69, 9.17) is 22.4 Å². The van der Waals surface area contributed by atoms with Crippen LogP contribution < -0.4 is 11.1 Å². The number of aromatic nitrogens is 5. The van der Waals surface area contributed by atoms with Crippen LogP contribution in [0.15, 0.2) is 54.9 Å². The number of nitrogens with one attached hydrogen (secondary N) is 2. The molecule has 8 nitrogen and oxygen atoms in total. The molecule has 4 N–H and O–H groups in total. The molecular formula is C26H26ClN7O. The third-order valence-corrected chi connectivity index (χ3v) is 6.30. The van der Waals surface area contributed by atoms with Gasteiger partial charge in [0.05, 0.1) is 21.6 Å². The molecule has 0 fully saturated rings. The van der Waals surface area contributed by atoms with E-state index in [0.717, 1.165) is 17.3 Å². The predicted molar refractivity (Wildman–Crippen MR) is 140 cm³/mol. The molecule has 2 aromatic carbocycles. The first-order chi connectivity index (χ1) is 16.7. The Balaban J connectivity index is 1.49. The summed E-state index contributed by atoms with van der Waals surface area (Å²) in [5, 5.41) is 9.72. The van der Waals surface area contributed by atoms with E-state index < -0.39 is 0 Å². The number of aromatic amines is 1. The van der Waals surface area contributed by atoms with Gasteiger partial charge in [0.15, 0.2) is 5.65 Å². The maximum atomic E-state index is 12.8. The second-order valence-corrected chi connectivity index (χ2v) is 9.83. The van der Waals surface area contributed by atoms with Crippen LogP contribution in [0.2, 0.25) is 5.02 Å². The molecule has 0 aliphatic heterocycles. The monoisotopic (exact) mass is 487 g/mol. The Kier molecular flexibility index (Phi) is 5.68. The third kappa shape index (κ3) is 4.21. The number of fused-ring (bicyclic) bond motifs is 2. The minimum atomic E-state index is -0.333. The summed E-state index contributed by atoms with van der Waals surface area (Å²) in [4.78, 5) is 24.7. The van der Waals surface area contributed by atoms with Gasteiger partial charge in [-0.05, 0) is 44.9 Å². The van der Waals surface area contributed by atoms with Crippen molar-refractivity contribution >= 4 is 45.3 Å². The van der Waals surface area contributed by atoms with Gasteiger partial charge < -0.3 is 16.0 Å². The summed E-state index contributed by atoms with van der Waals surface area (Å²) in [5.74, 6) is 0.184. The van der Waals surface area contributed by atoms with Gasteiger partial charge in [0, 0.05) is 23.0 Å². The third-order valence-electron chi connectivity index (χ3n) is 5.91. The Morgan fingerprint density at radius 2 is 1.91 bits per heavy atom. The van der Waals surface area contributed by atoms with Crippen LogP contribution >= 0.6 is 11.6 Å². The van der Waals surface area contributed by atoms with Crippen LogP contribution in [-0.4, -0.2) is 37.2 Å². The number of halogens is 1. The quantitative estimate of drug-likeness (QED) is 0.325. The minimum Gasteiger partial charge on any atom is -0.383 e. The number of amides is 1. The first-order valence-electron chi connectivity index (χ1n) is 11.4. The fourth-order valence-corrected chi connectivity index (χ4v) is 4.45. The summed E-state index contributed by atoms with van der Waals surface area (Å²) >= 11 is 6.79. The van der Waals surface area contributed by atoms with E-state index in [2.05, 4.69) is 20.3 Å². The van der Waals surface area contributed by atoms with E-state index in [-0.39, 0.29) is 11.4 Å². The first-order valence-corrected chi connectivity index (χ1v) is 11.8. The summed E-state index contributed by atoms with van der Waals surface area (Å²) in [6.45, 7) is 6.66. The summed E-state index contributed by atoms with van der Waals surface area (Å²) in [5.41, 5.74) is 10.2. The van der Waals surface area contributed by atoms with E-state index in [9.17, 15) is 4.79 Å². The molecule has 1 amide bonds. The van der Waals surface area contributed by atoms with Crippen molar-refractivity contribution in [2.45, 2.75) is 32.7 Å². The van der Waals surface area contributed by atoms with Gasteiger partial charge in [-0.25, -0.2) is 14.6 Å². The van der Waals surface area contributed by atoms with Crippen LogP contribution in [0.3, 0.4) is 0 Å². The molecule has 3 aromatic heterocycles. The summed E-state index contributed by atoms with van der Waals surface area (Å²) in [6.07, 6.45) is 2.20. The van der Waals surface area contributed by atoms with Gasteiger partial charge in [0.2, 0.25) is 0 Å². The molecule has 0 unspecified atom stereocenters. The number of carbonyl (C=O) groups excluding carboxylic acids is 1. The van der Waals surface area contributed by atoms with Crippen molar-refractivity contribution < 1.29 is 4.79 Å². The van der Waals surface area contributed by atoms with Crippen molar-refractivity contribution in [2.75, 3.05) is 12.3 Å². The topological polar surface area (TPSA) is 115 Å². The summed E-state index contributed by atoms with van der Waals surface area (Å²) < 4.78 is 1.82. The molecule has 0 spiro atoms. The number of H-pyrrole nitrogens is 1. The van der Waals surface area contributed by atoms with Crippen LogP contribution in [0, 0.1) is 0 Å². The van der Waals surface area contributed by atoms with Gasteiger partial charge in [-0.2, -0.15) is 5.10 Å². The molecule has 0 radical (unpaired) electrons. The molecule has 3 heterocycles. The fourth-order valence-electron chi connectivity index (χ4n) is 4.15. The van der Waals surface area contributed by atoms with Gasteiger partial charge in [0.1, 0.15) is 17.8 Å². The number of anilines is 1. The molecular weight excluding hydrogens is 462 g/mol. The highest BCUT2D eigenvalue weighted by Crippen LogP contribution is 2.39. The smallest absolute Gasteiger partial charge is 0.251 e. The van der Waals surface area contributed by atoms with Crippen molar-refractivity contribution in [1.29, 1.82) is 0 Å². The largest absolute Gasteiger partial charge is 0.383 e. The fraction of sp³-hybridized carbons (Fsp3) is 0.231. The lowest BCUT2D eigenvalue weighted by atomic mass is 10.1. The highest BCUT2D eigenvalue weighted by atomic mass is 35.5. The molecule has 0 bridgehead atoms. The minimum absolute atomic E-state index is 0.143. The maximum Gasteiger partial charge on any atom is 0.251 e. The predicted octanol–water partition coefficient (Wildman–Crippen LogP) is 4.94. The van der Waals surface area contributed by atoms with Crippen LogP contribution in [0.4, 0.5) is 5.82 Å². The molecule has 5 aromatic rings. The maximum absolute atomic E-state index is 12.8. The van der Waals surface area contributed by atoms with Gasteiger partial charge in [-0.1, -0.05) is 48.0 Å². The number of hydrogen-bond acceptors (Lipinski definition) is 5. The Bertz CT molecular complexity index is 1550. The van der Waals surface area contributed by atoms with Gasteiger partial charge in [-0.3, -0.25) is 4.79 Å². The molecule has 0 aliphatic rings. The Morgan fingerprint density at radius 1 is 1.14 bits per heavy atom. The molecule has 9 heteroatoms. The second-order valence-electron chi connectivity index (χ2n) is 9.45. The summed E-state index contributed by atoms with van der Waals surface area (Å²) in [7, 11) is 0. The van der Waals surface area contributed by atoms with Crippen LogP contribution in [0.25, 0.3) is 33.3 Å². The number of nitrogens with two attached hydrogens (primary N) is 1. The summed E-state index contributed by atoms with van der Waals surface area (Å²) in [6, 6.07) is 15.5.